The van der Waals surface area contributed by atoms with Gasteiger partial charge in [-0.2, -0.15) is 0 Å². The molecular weight excluding hydrogens is 324 g/mol. The van der Waals surface area contributed by atoms with Gasteiger partial charge >= 0.3 is 0 Å². The van der Waals surface area contributed by atoms with E-state index in [-0.39, 0.29) is 11.3 Å². The van der Waals surface area contributed by atoms with Crippen LogP contribution in [0.2, 0.25) is 0 Å². The van der Waals surface area contributed by atoms with Crippen molar-refractivity contribution in [3.05, 3.63) is 35.9 Å². The molecule has 5 nitrogen and oxygen atoms in total. The lowest BCUT2D eigenvalue weighted by Crippen LogP contribution is -2.44. The maximum Gasteiger partial charge on any atom is 0.224 e. The predicted molar refractivity (Wildman–Crippen MR) is 106 cm³/mol. The Morgan fingerprint density at radius 3 is 2.69 bits per heavy atom. The first-order valence-electron chi connectivity index (χ1n) is 9.91. The highest BCUT2D eigenvalue weighted by Gasteiger charge is 2.43. The third kappa shape index (κ3) is 4.77. The number of carbonyl (C=O) groups is 1. The smallest absolute Gasteiger partial charge is 0.224 e. The minimum absolute atomic E-state index is 0.249. The van der Waals surface area contributed by atoms with Crippen molar-refractivity contribution >= 4 is 11.9 Å². The van der Waals surface area contributed by atoms with E-state index in [0.29, 0.717) is 18.9 Å². The SMILES string of the molecule is CN=C(NCCC(=O)N1CCCC(C)C1)NCC1(c2ccccc2)CC1. The zero-order valence-corrected chi connectivity index (χ0v) is 16.1. The summed E-state index contributed by atoms with van der Waals surface area (Å²) in [4.78, 5) is 18.7. The van der Waals surface area contributed by atoms with Crippen LogP contribution in [0.15, 0.2) is 35.3 Å². The van der Waals surface area contributed by atoms with Crippen molar-refractivity contribution in [1.82, 2.24) is 15.5 Å². The molecule has 5 heteroatoms. The zero-order valence-electron chi connectivity index (χ0n) is 16.1. The first kappa shape index (κ1) is 18.7. The van der Waals surface area contributed by atoms with Gasteiger partial charge in [-0.25, -0.2) is 0 Å². The van der Waals surface area contributed by atoms with Gasteiger partial charge in [0.15, 0.2) is 5.96 Å². The quantitative estimate of drug-likeness (QED) is 0.608. The first-order chi connectivity index (χ1) is 12.6. The van der Waals surface area contributed by atoms with Gasteiger partial charge in [-0.1, -0.05) is 37.3 Å². The number of piperidine rings is 1. The number of nitrogens with zero attached hydrogens (tertiary/aromatic N) is 2. The van der Waals surface area contributed by atoms with E-state index in [0.717, 1.165) is 32.0 Å². The number of likely N-dealkylation sites (tertiary alicyclic amines) is 1. The van der Waals surface area contributed by atoms with Crippen LogP contribution in [0, 0.1) is 5.92 Å². The van der Waals surface area contributed by atoms with E-state index in [1.165, 1.54) is 24.8 Å². The number of guanidine groups is 1. The van der Waals surface area contributed by atoms with Gasteiger partial charge in [0.05, 0.1) is 0 Å². The number of hydrogen-bond donors (Lipinski definition) is 2. The van der Waals surface area contributed by atoms with Crippen LogP contribution in [0.25, 0.3) is 0 Å². The minimum atomic E-state index is 0.249. The minimum Gasteiger partial charge on any atom is -0.356 e. The van der Waals surface area contributed by atoms with E-state index in [4.69, 9.17) is 0 Å². The molecule has 3 rings (SSSR count). The fourth-order valence-electron chi connectivity index (χ4n) is 3.85. The number of benzene rings is 1. The molecule has 1 aromatic carbocycles. The van der Waals surface area contributed by atoms with Crippen molar-refractivity contribution < 1.29 is 4.79 Å². The van der Waals surface area contributed by atoms with Gasteiger partial charge in [0, 0.05) is 45.1 Å². The van der Waals surface area contributed by atoms with Gasteiger partial charge in [0.1, 0.15) is 0 Å². The lowest BCUT2D eigenvalue weighted by atomic mass is 9.96. The molecule has 142 valence electrons. The van der Waals surface area contributed by atoms with Crippen LogP contribution in [-0.4, -0.2) is 50.0 Å². The van der Waals surface area contributed by atoms with Gasteiger partial charge < -0.3 is 15.5 Å². The van der Waals surface area contributed by atoms with Crippen molar-refractivity contribution in [3.63, 3.8) is 0 Å². The summed E-state index contributed by atoms with van der Waals surface area (Å²) >= 11 is 0. The molecule has 1 unspecified atom stereocenters. The molecule has 0 radical (unpaired) electrons. The summed E-state index contributed by atoms with van der Waals surface area (Å²) in [6.45, 7) is 5.56. The molecule has 1 aliphatic carbocycles. The van der Waals surface area contributed by atoms with Crippen LogP contribution >= 0.6 is 0 Å². The summed E-state index contributed by atoms with van der Waals surface area (Å²) in [5.41, 5.74) is 1.65. The second-order valence-electron chi connectivity index (χ2n) is 7.84. The molecule has 1 amide bonds. The van der Waals surface area contributed by atoms with E-state index in [2.05, 4.69) is 52.9 Å². The average molecular weight is 357 g/mol. The molecule has 0 spiro atoms. The highest BCUT2D eigenvalue weighted by atomic mass is 16.2. The predicted octanol–water partition coefficient (Wildman–Crippen LogP) is 2.53. The summed E-state index contributed by atoms with van der Waals surface area (Å²) in [6, 6.07) is 10.7. The van der Waals surface area contributed by atoms with Crippen LogP contribution in [-0.2, 0) is 10.2 Å². The van der Waals surface area contributed by atoms with Crippen LogP contribution in [0.1, 0.15) is 44.6 Å². The van der Waals surface area contributed by atoms with Crippen molar-refractivity contribution in [2.75, 3.05) is 33.2 Å². The number of rotatable bonds is 6. The first-order valence-corrected chi connectivity index (χ1v) is 9.91. The molecule has 1 saturated heterocycles. The second kappa shape index (κ2) is 8.56. The Morgan fingerprint density at radius 1 is 1.27 bits per heavy atom. The van der Waals surface area contributed by atoms with Gasteiger partial charge in [-0.15, -0.1) is 0 Å². The lowest BCUT2D eigenvalue weighted by Gasteiger charge is -2.31. The van der Waals surface area contributed by atoms with Crippen molar-refractivity contribution in [1.29, 1.82) is 0 Å². The topological polar surface area (TPSA) is 56.7 Å². The van der Waals surface area contributed by atoms with E-state index in [1.807, 2.05) is 4.90 Å². The van der Waals surface area contributed by atoms with Crippen LogP contribution in [0.5, 0.6) is 0 Å². The summed E-state index contributed by atoms with van der Waals surface area (Å²) < 4.78 is 0. The molecule has 1 atom stereocenters. The van der Waals surface area contributed by atoms with E-state index in [9.17, 15) is 4.79 Å². The molecule has 1 aromatic rings. The van der Waals surface area contributed by atoms with Crippen LogP contribution in [0.4, 0.5) is 0 Å². The largest absolute Gasteiger partial charge is 0.356 e. The van der Waals surface area contributed by atoms with E-state index >= 15 is 0 Å². The number of amides is 1. The number of aliphatic imine (C=N–C) groups is 1. The highest BCUT2D eigenvalue weighted by molar-refractivity contribution is 5.81. The number of hydrogen-bond acceptors (Lipinski definition) is 2. The third-order valence-electron chi connectivity index (χ3n) is 5.70. The molecule has 1 saturated carbocycles. The highest BCUT2D eigenvalue weighted by Crippen LogP contribution is 2.47. The molecule has 2 aliphatic rings. The Hall–Kier alpha value is -2.04. The molecule has 26 heavy (non-hydrogen) atoms. The van der Waals surface area contributed by atoms with Gasteiger partial charge in [-0.3, -0.25) is 9.79 Å². The monoisotopic (exact) mass is 356 g/mol. The van der Waals surface area contributed by atoms with Gasteiger partial charge in [-0.05, 0) is 37.2 Å². The number of carbonyl (C=O) groups excluding carboxylic acids is 1. The van der Waals surface area contributed by atoms with E-state index in [1.54, 1.807) is 7.05 Å². The van der Waals surface area contributed by atoms with Gasteiger partial charge in [0.25, 0.3) is 0 Å². The Kier molecular flexibility index (Phi) is 6.17. The maximum atomic E-state index is 12.4. The summed E-state index contributed by atoms with van der Waals surface area (Å²) in [5, 5.41) is 6.74. The maximum absolute atomic E-state index is 12.4. The van der Waals surface area contributed by atoms with Crippen LogP contribution in [0.3, 0.4) is 0 Å². The molecule has 0 bridgehead atoms. The fraction of sp³-hybridized carbons (Fsp3) is 0.619. The summed E-state index contributed by atoms with van der Waals surface area (Å²) in [5.74, 6) is 1.66. The van der Waals surface area contributed by atoms with Crippen molar-refractivity contribution in [2.24, 2.45) is 10.9 Å². The normalized spacial score (nSPS) is 22.0. The van der Waals surface area contributed by atoms with E-state index < -0.39 is 0 Å². The standard InChI is InChI=1S/C21H32N4O/c1-17-7-6-14-25(15-17)19(26)10-13-23-20(22-2)24-16-21(11-12-21)18-8-4-3-5-9-18/h3-5,8-9,17H,6-7,10-16H2,1-2H3,(H2,22,23,24). The molecule has 0 aromatic heterocycles. The van der Waals surface area contributed by atoms with Crippen molar-refractivity contribution in [3.8, 4) is 0 Å². The Labute approximate surface area is 157 Å². The fourth-order valence-corrected chi connectivity index (χ4v) is 3.85. The Morgan fingerprint density at radius 2 is 2.04 bits per heavy atom. The van der Waals surface area contributed by atoms with Crippen LogP contribution < -0.4 is 10.6 Å². The molecular formula is C21H32N4O. The summed E-state index contributed by atoms with van der Waals surface area (Å²) in [7, 11) is 1.78. The average Bonchev–Trinajstić information content (AvgIpc) is 3.46. The Bertz CT molecular complexity index is 624. The number of nitrogens with one attached hydrogen (secondary N) is 2. The Balaban J connectivity index is 1.41. The molecule has 2 N–H and O–H groups in total. The zero-order chi connectivity index (χ0) is 18.4. The summed E-state index contributed by atoms with van der Waals surface area (Å²) in [6.07, 6.45) is 5.32. The molecule has 1 heterocycles. The third-order valence-corrected chi connectivity index (χ3v) is 5.70. The second-order valence-corrected chi connectivity index (χ2v) is 7.84. The molecule has 2 fully saturated rings. The van der Waals surface area contributed by atoms with Crippen molar-refractivity contribution in [2.45, 2.75) is 44.4 Å². The molecule has 1 aliphatic heterocycles. The van der Waals surface area contributed by atoms with Gasteiger partial charge in [0.2, 0.25) is 5.91 Å². The lowest BCUT2D eigenvalue weighted by molar-refractivity contribution is -0.132.